The third kappa shape index (κ3) is 3.08. The van der Waals surface area contributed by atoms with Crippen molar-refractivity contribution in [2.24, 2.45) is 5.92 Å². The average Bonchev–Trinajstić information content (AvgIpc) is 2.86. The highest BCUT2D eigenvalue weighted by atomic mass is 35.5. The number of carbonyl (C=O) groups excluding carboxylic acids is 1. The molecule has 2 unspecified atom stereocenters. The first-order valence-corrected chi connectivity index (χ1v) is 6.76. The van der Waals surface area contributed by atoms with Gasteiger partial charge < -0.3 is 10.4 Å². The number of nitrogens with zero attached hydrogens (tertiary/aromatic N) is 1. The summed E-state index contributed by atoms with van der Waals surface area (Å²) >= 11 is 5.71. The van der Waals surface area contributed by atoms with Gasteiger partial charge >= 0.3 is 0 Å². The van der Waals surface area contributed by atoms with Gasteiger partial charge in [0.2, 0.25) is 0 Å². The molecule has 0 aromatic heterocycles. The Morgan fingerprint density at radius 2 is 2.25 bits per heavy atom. The molecular weight excluding hydrogens is 284 g/mol. The minimum Gasteiger partial charge on any atom is -0.396 e. The van der Waals surface area contributed by atoms with Crippen LogP contribution in [-0.2, 0) is 0 Å². The lowest BCUT2D eigenvalue weighted by molar-refractivity contribution is -0.384. The van der Waals surface area contributed by atoms with Gasteiger partial charge in [-0.25, -0.2) is 0 Å². The molecule has 108 valence electrons. The molecule has 1 aromatic carbocycles. The van der Waals surface area contributed by atoms with Crippen LogP contribution in [0.2, 0.25) is 5.02 Å². The molecule has 2 atom stereocenters. The Kier molecular flexibility index (Phi) is 4.57. The number of nitrogens with one attached hydrogen (secondary N) is 1. The Bertz CT molecular complexity index is 535. The van der Waals surface area contributed by atoms with Crippen molar-refractivity contribution in [3.05, 3.63) is 38.9 Å². The van der Waals surface area contributed by atoms with E-state index in [2.05, 4.69) is 5.32 Å². The zero-order valence-corrected chi connectivity index (χ0v) is 11.5. The second kappa shape index (κ2) is 6.19. The van der Waals surface area contributed by atoms with Gasteiger partial charge in [0.15, 0.2) is 0 Å². The van der Waals surface area contributed by atoms with E-state index < -0.39 is 4.92 Å². The van der Waals surface area contributed by atoms with Crippen molar-refractivity contribution in [2.75, 3.05) is 6.61 Å². The second-order valence-electron chi connectivity index (χ2n) is 4.88. The Balaban J connectivity index is 2.13. The third-order valence-electron chi connectivity index (χ3n) is 3.62. The van der Waals surface area contributed by atoms with Crippen LogP contribution in [0.1, 0.15) is 29.6 Å². The molecule has 7 heteroatoms. The van der Waals surface area contributed by atoms with E-state index in [-0.39, 0.29) is 40.7 Å². The predicted octanol–water partition coefficient (Wildman–Crippen LogP) is 2.14. The summed E-state index contributed by atoms with van der Waals surface area (Å²) in [5, 5.41) is 22.8. The molecule has 6 nitrogen and oxygen atoms in total. The summed E-state index contributed by atoms with van der Waals surface area (Å²) < 4.78 is 0. The van der Waals surface area contributed by atoms with Crippen molar-refractivity contribution in [3.63, 3.8) is 0 Å². The molecule has 0 saturated heterocycles. The first kappa shape index (κ1) is 14.7. The van der Waals surface area contributed by atoms with Gasteiger partial charge in [-0.1, -0.05) is 18.0 Å². The fourth-order valence-corrected chi connectivity index (χ4v) is 2.68. The summed E-state index contributed by atoms with van der Waals surface area (Å²) in [6, 6.07) is 3.88. The number of carbonyl (C=O) groups is 1. The monoisotopic (exact) mass is 298 g/mol. The lowest BCUT2D eigenvalue weighted by Gasteiger charge is -2.18. The standard InChI is InChI=1S/C13H15ClN2O4/c14-10-5-4-8(6-12(10)16(19)20)13(18)15-11-3-1-2-9(11)7-17/h4-6,9,11,17H,1-3,7H2,(H,15,18). The summed E-state index contributed by atoms with van der Waals surface area (Å²) in [7, 11) is 0. The maximum absolute atomic E-state index is 12.1. The van der Waals surface area contributed by atoms with Crippen molar-refractivity contribution in [1.82, 2.24) is 5.32 Å². The largest absolute Gasteiger partial charge is 0.396 e. The first-order chi connectivity index (χ1) is 9.52. The summed E-state index contributed by atoms with van der Waals surface area (Å²) in [6.07, 6.45) is 2.64. The summed E-state index contributed by atoms with van der Waals surface area (Å²) in [5.74, 6) is -0.323. The molecule has 0 bridgehead atoms. The molecule has 1 fully saturated rings. The summed E-state index contributed by atoms with van der Waals surface area (Å²) in [4.78, 5) is 22.3. The lowest BCUT2D eigenvalue weighted by atomic mass is 10.0. The highest BCUT2D eigenvalue weighted by Crippen LogP contribution is 2.27. The Morgan fingerprint density at radius 3 is 2.90 bits per heavy atom. The Labute approximate surface area is 120 Å². The molecule has 1 aliphatic carbocycles. The number of benzene rings is 1. The number of nitro groups is 1. The SMILES string of the molecule is O=C(NC1CCCC1CO)c1ccc(Cl)c([N+](=O)[O-])c1. The van der Waals surface area contributed by atoms with E-state index >= 15 is 0 Å². The first-order valence-electron chi connectivity index (χ1n) is 6.38. The number of amides is 1. The number of aliphatic hydroxyl groups excluding tert-OH is 1. The minimum absolute atomic E-state index is 0.000603. The number of rotatable bonds is 4. The summed E-state index contributed by atoms with van der Waals surface area (Å²) in [6.45, 7) is 0.0334. The number of aliphatic hydroxyl groups is 1. The molecule has 0 aliphatic heterocycles. The molecule has 1 aromatic rings. The van der Waals surface area contributed by atoms with Gasteiger partial charge in [-0.3, -0.25) is 14.9 Å². The Hall–Kier alpha value is -1.66. The third-order valence-corrected chi connectivity index (χ3v) is 3.93. The van der Waals surface area contributed by atoms with Gasteiger partial charge in [0.05, 0.1) is 4.92 Å². The van der Waals surface area contributed by atoms with Crippen LogP contribution >= 0.6 is 11.6 Å². The van der Waals surface area contributed by atoms with Crippen molar-refractivity contribution >= 4 is 23.2 Å². The molecule has 0 spiro atoms. The van der Waals surface area contributed by atoms with Gasteiger partial charge in [-0.2, -0.15) is 0 Å². The van der Waals surface area contributed by atoms with E-state index in [0.717, 1.165) is 19.3 Å². The van der Waals surface area contributed by atoms with E-state index in [0.29, 0.717) is 0 Å². The summed E-state index contributed by atoms with van der Waals surface area (Å²) in [5.41, 5.74) is -0.0888. The van der Waals surface area contributed by atoms with E-state index in [4.69, 9.17) is 11.6 Å². The number of halogens is 1. The van der Waals surface area contributed by atoms with Crippen LogP contribution < -0.4 is 5.32 Å². The smallest absolute Gasteiger partial charge is 0.288 e. The molecule has 2 rings (SSSR count). The van der Waals surface area contributed by atoms with Gasteiger partial charge in [0.25, 0.3) is 11.6 Å². The van der Waals surface area contributed by atoms with Crippen LogP contribution in [-0.4, -0.2) is 28.6 Å². The van der Waals surface area contributed by atoms with Crippen LogP contribution in [0.3, 0.4) is 0 Å². The van der Waals surface area contributed by atoms with Crippen molar-refractivity contribution in [2.45, 2.75) is 25.3 Å². The van der Waals surface area contributed by atoms with Crippen molar-refractivity contribution < 1.29 is 14.8 Å². The second-order valence-corrected chi connectivity index (χ2v) is 5.28. The number of hydrogen-bond acceptors (Lipinski definition) is 4. The van der Waals surface area contributed by atoms with E-state index in [9.17, 15) is 20.0 Å². The molecule has 0 heterocycles. The zero-order valence-electron chi connectivity index (χ0n) is 10.7. The van der Waals surface area contributed by atoms with Gasteiger partial charge in [-0.15, -0.1) is 0 Å². The van der Waals surface area contributed by atoms with E-state index in [1.807, 2.05) is 0 Å². The van der Waals surface area contributed by atoms with Gasteiger partial charge in [0, 0.05) is 30.2 Å². The highest BCUT2D eigenvalue weighted by Gasteiger charge is 2.28. The van der Waals surface area contributed by atoms with Crippen molar-refractivity contribution in [3.8, 4) is 0 Å². The lowest BCUT2D eigenvalue weighted by Crippen LogP contribution is -2.38. The quantitative estimate of drug-likeness (QED) is 0.658. The van der Waals surface area contributed by atoms with Crippen molar-refractivity contribution in [1.29, 1.82) is 0 Å². The number of nitro benzene ring substituents is 1. The molecular formula is C13H15ClN2O4. The molecule has 20 heavy (non-hydrogen) atoms. The predicted molar refractivity (Wildman–Crippen MR) is 73.8 cm³/mol. The normalized spacial score (nSPS) is 21.7. The van der Waals surface area contributed by atoms with E-state index in [1.54, 1.807) is 0 Å². The zero-order chi connectivity index (χ0) is 14.7. The maximum Gasteiger partial charge on any atom is 0.288 e. The van der Waals surface area contributed by atoms with Crippen LogP contribution in [0, 0.1) is 16.0 Å². The molecule has 0 radical (unpaired) electrons. The minimum atomic E-state index is -0.620. The highest BCUT2D eigenvalue weighted by molar-refractivity contribution is 6.32. The average molecular weight is 299 g/mol. The molecule has 1 aliphatic rings. The van der Waals surface area contributed by atoms with Crippen LogP contribution in [0.4, 0.5) is 5.69 Å². The maximum atomic E-state index is 12.1. The van der Waals surface area contributed by atoms with E-state index in [1.165, 1.54) is 18.2 Å². The topological polar surface area (TPSA) is 92.5 Å². The van der Waals surface area contributed by atoms with Crippen LogP contribution in [0.5, 0.6) is 0 Å². The fraction of sp³-hybridized carbons (Fsp3) is 0.462. The Morgan fingerprint density at radius 1 is 1.50 bits per heavy atom. The molecule has 2 N–H and O–H groups in total. The molecule has 1 saturated carbocycles. The fourth-order valence-electron chi connectivity index (χ4n) is 2.49. The van der Waals surface area contributed by atoms with Crippen LogP contribution in [0.25, 0.3) is 0 Å². The van der Waals surface area contributed by atoms with Gasteiger partial charge in [0.1, 0.15) is 5.02 Å². The number of hydrogen-bond donors (Lipinski definition) is 2. The van der Waals surface area contributed by atoms with Crippen LogP contribution in [0.15, 0.2) is 18.2 Å². The van der Waals surface area contributed by atoms with Gasteiger partial charge in [-0.05, 0) is 25.0 Å². The molecule has 1 amide bonds.